The van der Waals surface area contributed by atoms with E-state index in [0.717, 1.165) is 12.8 Å². The Labute approximate surface area is 128 Å². The first-order valence-electron chi connectivity index (χ1n) is 7.03. The second kappa shape index (κ2) is 7.44. The summed E-state index contributed by atoms with van der Waals surface area (Å²) in [5.41, 5.74) is 0.629. The van der Waals surface area contributed by atoms with Crippen LogP contribution in [0, 0.1) is 0 Å². The first-order valence-corrected chi connectivity index (χ1v) is 7.03. The summed E-state index contributed by atoms with van der Waals surface area (Å²) in [5, 5.41) is 10.3. The van der Waals surface area contributed by atoms with Crippen molar-refractivity contribution in [3.63, 3.8) is 0 Å². The van der Waals surface area contributed by atoms with Crippen LogP contribution in [-0.4, -0.2) is 30.3 Å². The lowest BCUT2D eigenvalue weighted by Gasteiger charge is -2.07. The van der Waals surface area contributed by atoms with Gasteiger partial charge in [0, 0.05) is 12.5 Å². The third-order valence-corrected chi connectivity index (χ3v) is 3.07. The molecule has 1 aromatic heterocycles. The molecule has 0 atom stereocenters. The number of benzene rings is 1. The van der Waals surface area contributed by atoms with Gasteiger partial charge in [0.15, 0.2) is 0 Å². The van der Waals surface area contributed by atoms with Crippen molar-refractivity contribution in [3.8, 4) is 23.0 Å². The maximum Gasteiger partial charge on any atom is 0.322 e. The van der Waals surface area contributed by atoms with Crippen LogP contribution in [0.5, 0.6) is 11.5 Å². The van der Waals surface area contributed by atoms with Crippen molar-refractivity contribution >= 4 is 11.9 Å². The Balaban J connectivity index is 2.16. The molecule has 0 spiro atoms. The lowest BCUT2D eigenvalue weighted by atomic mass is 10.2. The zero-order chi connectivity index (χ0) is 15.9. The van der Waals surface area contributed by atoms with E-state index in [2.05, 4.69) is 15.5 Å². The molecule has 2 rings (SSSR count). The number of unbranched alkanes of at least 4 members (excludes halogenated alkanes) is 1. The van der Waals surface area contributed by atoms with Crippen molar-refractivity contribution in [2.24, 2.45) is 0 Å². The zero-order valence-corrected chi connectivity index (χ0v) is 12.9. The minimum absolute atomic E-state index is 0.0778. The molecule has 7 heteroatoms. The summed E-state index contributed by atoms with van der Waals surface area (Å²) in [6, 6.07) is 5.32. The molecule has 0 bridgehead atoms. The number of nitrogens with zero attached hydrogens (tertiary/aromatic N) is 2. The van der Waals surface area contributed by atoms with Crippen LogP contribution in [-0.2, 0) is 4.79 Å². The minimum atomic E-state index is -0.140. The highest BCUT2D eigenvalue weighted by Crippen LogP contribution is 2.32. The fourth-order valence-corrected chi connectivity index (χ4v) is 1.88. The number of carbonyl (C=O) groups is 1. The molecule has 0 fully saturated rings. The molecule has 1 heterocycles. The lowest BCUT2D eigenvalue weighted by Crippen LogP contribution is -2.11. The van der Waals surface area contributed by atoms with Crippen molar-refractivity contribution < 1.29 is 18.7 Å². The van der Waals surface area contributed by atoms with Crippen LogP contribution in [0.15, 0.2) is 22.6 Å². The Kier molecular flexibility index (Phi) is 5.35. The largest absolute Gasteiger partial charge is 0.497 e. The number of ether oxygens (including phenoxy) is 2. The molecule has 0 unspecified atom stereocenters. The summed E-state index contributed by atoms with van der Waals surface area (Å²) in [6.07, 6.45) is 2.20. The number of hydrogen-bond acceptors (Lipinski definition) is 6. The van der Waals surface area contributed by atoms with Gasteiger partial charge in [0.05, 0.1) is 19.8 Å². The van der Waals surface area contributed by atoms with Crippen molar-refractivity contribution in [1.82, 2.24) is 10.2 Å². The van der Waals surface area contributed by atoms with E-state index >= 15 is 0 Å². The molecule has 1 aromatic carbocycles. The van der Waals surface area contributed by atoms with Crippen LogP contribution < -0.4 is 14.8 Å². The van der Waals surface area contributed by atoms with Crippen molar-refractivity contribution in [2.75, 3.05) is 19.5 Å². The molecule has 0 saturated carbocycles. The van der Waals surface area contributed by atoms with Gasteiger partial charge in [-0.3, -0.25) is 10.1 Å². The number of nitrogens with one attached hydrogen (secondary N) is 1. The topological polar surface area (TPSA) is 86.5 Å². The van der Waals surface area contributed by atoms with Crippen molar-refractivity contribution in [3.05, 3.63) is 18.2 Å². The average Bonchev–Trinajstić information content (AvgIpc) is 3.00. The highest BCUT2D eigenvalue weighted by molar-refractivity contribution is 5.88. The molecular formula is C15H19N3O4. The van der Waals surface area contributed by atoms with E-state index in [9.17, 15) is 4.79 Å². The second-order valence-corrected chi connectivity index (χ2v) is 4.63. The molecule has 1 amide bonds. The molecule has 0 aliphatic rings. The molecule has 7 nitrogen and oxygen atoms in total. The van der Waals surface area contributed by atoms with Gasteiger partial charge in [-0.2, -0.15) is 0 Å². The smallest absolute Gasteiger partial charge is 0.322 e. The Morgan fingerprint density at radius 1 is 1.27 bits per heavy atom. The van der Waals surface area contributed by atoms with E-state index in [-0.39, 0.29) is 17.8 Å². The lowest BCUT2D eigenvalue weighted by molar-refractivity contribution is -0.116. The first-order chi connectivity index (χ1) is 10.7. The maximum absolute atomic E-state index is 11.6. The fourth-order valence-electron chi connectivity index (χ4n) is 1.88. The SMILES string of the molecule is CCCCC(=O)Nc1nnc(-c2ccc(OC)cc2OC)o1. The Hall–Kier alpha value is -2.57. The summed E-state index contributed by atoms with van der Waals surface area (Å²) in [4.78, 5) is 11.6. The van der Waals surface area contributed by atoms with Crippen LogP contribution >= 0.6 is 0 Å². The summed E-state index contributed by atoms with van der Waals surface area (Å²) in [5.74, 6) is 1.34. The molecule has 0 aliphatic heterocycles. The van der Waals surface area contributed by atoms with Gasteiger partial charge in [-0.15, -0.1) is 5.10 Å². The van der Waals surface area contributed by atoms with Gasteiger partial charge in [-0.05, 0) is 18.6 Å². The third-order valence-electron chi connectivity index (χ3n) is 3.07. The standard InChI is InChI=1S/C15H19N3O4/c1-4-5-6-13(19)16-15-18-17-14(22-15)11-8-7-10(20-2)9-12(11)21-3/h7-9H,4-6H2,1-3H3,(H,16,18,19). The Bertz CT molecular complexity index is 639. The Morgan fingerprint density at radius 2 is 2.09 bits per heavy atom. The predicted molar refractivity (Wildman–Crippen MR) is 81.0 cm³/mol. The molecule has 0 radical (unpaired) electrons. The molecule has 118 valence electrons. The first kappa shape index (κ1) is 15.8. The van der Waals surface area contributed by atoms with Crippen LogP contribution in [0.3, 0.4) is 0 Å². The summed E-state index contributed by atoms with van der Waals surface area (Å²) >= 11 is 0. The van der Waals surface area contributed by atoms with E-state index in [1.54, 1.807) is 32.4 Å². The highest BCUT2D eigenvalue weighted by Gasteiger charge is 2.15. The Morgan fingerprint density at radius 3 is 2.77 bits per heavy atom. The minimum Gasteiger partial charge on any atom is -0.497 e. The van der Waals surface area contributed by atoms with E-state index in [1.165, 1.54) is 0 Å². The van der Waals surface area contributed by atoms with Gasteiger partial charge in [0.2, 0.25) is 5.91 Å². The number of aromatic nitrogens is 2. The summed E-state index contributed by atoms with van der Waals surface area (Å²) in [7, 11) is 3.12. The average molecular weight is 305 g/mol. The van der Waals surface area contributed by atoms with Crippen LogP contribution in [0.4, 0.5) is 6.01 Å². The van der Waals surface area contributed by atoms with Crippen molar-refractivity contribution in [2.45, 2.75) is 26.2 Å². The number of hydrogen-bond donors (Lipinski definition) is 1. The van der Waals surface area contributed by atoms with E-state index in [4.69, 9.17) is 13.9 Å². The van der Waals surface area contributed by atoms with Gasteiger partial charge in [0.1, 0.15) is 11.5 Å². The zero-order valence-electron chi connectivity index (χ0n) is 12.9. The predicted octanol–water partition coefficient (Wildman–Crippen LogP) is 2.88. The summed E-state index contributed by atoms with van der Waals surface area (Å²) < 4.78 is 15.9. The second-order valence-electron chi connectivity index (χ2n) is 4.63. The van der Waals surface area contributed by atoms with E-state index in [0.29, 0.717) is 23.5 Å². The maximum atomic E-state index is 11.6. The van der Waals surface area contributed by atoms with Crippen LogP contribution in [0.1, 0.15) is 26.2 Å². The quantitative estimate of drug-likeness (QED) is 0.846. The molecule has 1 N–H and O–H groups in total. The van der Waals surface area contributed by atoms with Gasteiger partial charge in [-0.25, -0.2) is 0 Å². The fraction of sp³-hybridized carbons (Fsp3) is 0.400. The van der Waals surface area contributed by atoms with Crippen LogP contribution in [0.25, 0.3) is 11.5 Å². The van der Waals surface area contributed by atoms with Gasteiger partial charge >= 0.3 is 6.01 Å². The monoisotopic (exact) mass is 305 g/mol. The summed E-state index contributed by atoms with van der Waals surface area (Å²) in [6.45, 7) is 2.02. The molecular weight excluding hydrogens is 286 g/mol. The number of amides is 1. The van der Waals surface area contributed by atoms with Gasteiger partial charge < -0.3 is 13.9 Å². The molecule has 22 heavy (non-hydrogen) atoms. The molecule has 2 aromatic rings. The number of anilines is 1. The van der Waals surface area contributed by atoms with Gasteiger partial charge in [-0.1, -0.05) is 18.4 Å². The van der Waals surface area contributed by atoms with E-state index in [1.807, 2.05) is 6.92 Å². The number of methoxy groups -OCH3 is 2. The van der Waals surface area contributed by atoms with Crippen LogP contribution in [0.2, 0.25) is 0 Å². The third kappa shape index (κ3) is 3.75. The van der Waals surface area contributed by atoms with E-state index < -0.39 is 0 Å². The normalized spacial score (nSPS) is 10.3. The van der Waals surface area contributed by atoms with Crippen molar-refractivity contribution in [1.29, 1.82) is 0 Å². The highest BCUT2D eigenvalue weighted by atomic mass is 16.5. The van der Waals surface area contributed by atoms with Gasteiger partial charge in [0.25, 0.3) is 5.89 Å². The molecule has 0 aliphatic carbocycles. The number of rotatable bonds is 7. The number of carbonyl (C=O) groups excluding carboxylic acids is 1. The molecule has 0 saturated heterocycles.